The molecule has 0 radical (unpaired) electrons. The van der Waals surface area contributed by atoms with Gasteiger partial charge in [-0.05, 0) is 61.9 Å². The van der Waals surface area contributed by atoms with Crippen molar-refractivity contribution < 1.29 is 4.74 Å². The minimum Gasteiger partial charge on any atom is -0.493 e. The van der Waals surface area contributed by atoms with Gasteiger partial charge in [-0.2, -0.15) is 0 Å². The van der Waals surface area contributed by atoms with Gasteiger partial charge in [-0.15, -0.1) is 0 Å². The van der Waals surface area contributed by atoms with Crippen LogP contribution in [0, 0.1) is 5.92 Å². The van der Waals surface area contributed by atoms with Crippen molar-refractivity contribution in [3.8, 4) is 5.75 Å². The Morgan fingerprint density at radius 2 is 2.10 bits per heavy atom. The highest BCUT2D eigenvalue weighted by Crippen LogP contribution is 2.35. The average Bonchev–Trinajstić information content (AvgIpc) is 3.16. The zero-order valence-electron chi connectivity index (χ0n) is 12.7. The van der Waals surface area contributed by atoms with E-state index in [9.17, 15) is 0 Å². The number of rotatable bonds is 3. The Labute approximate surface area is 127 Å². The van der Waals surface area contributed by atoms with E-state index in [0.29, 0.717) is 6.04 Å². The molecule has 0 spiro atoms. The first kappa shape index (κ1) is 13.4. The van der Waals surface area contributed by atoms with Gasteiger partial charge in [-0.1, -0.05) is 12.8 Å². The monoisotopic (exact) mass is 286 g/mol. The van der Waals surface area contributed by atoms with Crippen LogP contribution in [0.4, 0.5) is 5.69 Å². The second kappa shape index (κ2) is 5.88. The Bertz CT molecular complexity index is 496. The summed E-state index contributed by atoms with van der Waals surface area (Å²) in [6.07, 6.45) is 9.24. The summed E-state index contributed by atoms with van der Waals surface area (Å²) in [6.45, 7) is 2.06. The van der Waals surface area contributed by atoms with Crippen molar-refractivity contribution in [3.05, 3.63) is 23.8 Å². The summed E-state index contributed by atoms with van der Waals surface area (Å²) in [5.74, 6) is 1.88. The van der Waals surface area contributed by atoms with Crippen LogP contribution in [0.1, 0.15) is 44.1 Å². The molecule has 3 heteroatoms. The lowest BCUT2D eigenvalue weighted by Gasteiger charge is -2.33. The van der Waals surface area contributed by atoms with Gasteiger partial charge in [0.15, 0.2) is 0 Å². The van der Waals surface area contributed by atoms with Crippen LogP contribution in [-0.2, 0) is 6.42 Å². The predicted molar refractivity (Wildman–Crippen MR) is 86.0 cm³/mol. The molecule has 0 aromatic heterocycles. The fourth-order valence-electron chi connectivity index (χ4n) is 4.38. The number of hydrogen-bond donors (Lipinski definition) is 2. The lowest BCUT2D eigenvalue weighted by Crippen LogP contribution is -2.44. The van der Waals surface area contributed by atoms with Gasteiger partial charge in [0.2, 0.25) is 0 Å². The molecule has 4 rings (SSSR count). The van der Waals surface area contributed by atoms with E-state index in [0.717, 1.165) is 30.7 Å². The number of fused-ring (bicyclic) bond motifs is 1. The van der Waals surface area contributed by atoms with E-state index in [-0.39, 0.29) is 0 Å². The molecule has 2 fully saturated rings. The summed E-state index contributed by atoms with van der Waals surface area (Å²) in [5.41, 5.74) is 2.65. The van der Waals surface area contributed by atoms with Crippen molar-refractivity contribution in [2.75, 3.05) is 18.5 Å². The molecule has 0 bridgehead atoms. The smallest absolute Gasteiger partial charge is 0.122 e. The van der Waals surface area contributed by atoms with Gasteiger partial charge in [-0.3, -0.25) is 0 Å². The van der Waals surface area contributed by atoms with E-state index in [4.69, 9.17) is 4.74 Å². The molecule has 2 N–H and O–H groups in total. The molecular formula is C18H26N2O. The number of piperidine rings is 1. The van der Waals surface area contributed by atoms with E-state index >= 15 is 0 Å². The summed E-state index contributed by atoms with van der Waals surface area (Å²) in [4.78, 5) is 0. The molecular weight excluding hydrogens is 260 g/mol. The lowest BCUT2D eigenvalue weighted by atomic mass is 9.88. The molecule has 3 atom stereocenters. The summed E-state index contributed by atoms with van der Waals surface area (Å²) in [7, 11) is 0. The first-order valence-electron chi connectivity index (χ1n) is 8.66. The van der Waals surface area contributed by atoms with Crippen molar-refractivity contribution in [3.63, 3.8) is 0 Å². The Hall–Kier alpha value is -1.22. The number of benzene rings is 1. The summed E-state index contributed by atoms with van der Waals surface area (Å²) in [6, 6.07) is 7.99. The maximum absolute atomic E-state index is 5.60. The van der Waals surface area contributed by atoms with E-state index < -0.39 is 0 Å². The average molecular weight is 286 g/mol. The number of ether oxygens (including phenoxy) is 1. The van der Waals surface area contributed by atoms with E-state index in [1.807, 2.05) is 0 Å². The lowest BCUT2D eigenvalue weighted by molar-refractivity contribution is 0.286. The highest BCUT2D eigenvalue weighted by molar-refractivity contribution is 5.53. The molecule has 114 valence electrons. The molecule has 0 amide bonds. The van der Waals surface area contributed by atoms with Crippen LogP contribution in [0.25, 0.3) is 0 Å². The molecule has 1 saturated carbocycles. The van der Waals surface area contributed by atoms with E-state index in [1.54, 1.807) is 0 Å². The standard InChI is InChI=1S/C18H26N2O/c1-2-10-19-16(5-1)15-4-3-6-17(15)20-14-7-8-18-13(12-14)9-11-21-18/h7-8,12,15-17,19-20H,1-6,9-11H2. The third-order valence-electron chi connectivity index (χ3n) is 5.48. The second-order valence-corrected chi connectivity index (χ2v) is 6.82. The zero-order valence-corrected chi connectivity index (χ0v) is 12.7. The van der Waals surface area contributed by atoms with E-state index in [2.05, 4.69) is 28.8 Å². The number of anilines is 1. The predicted octanol–water partition coefficient (Wildman–Crippen LogP) is 3.34. The Balaban J connectivity index is 1.45. The molecule has 3 unspecified atom stereocenters. The molecule has 3 nitrogen and oxygen atoms in total. The van der Waals surface area contributed by atoms with Crippen LogP contribution < -0.4 is 15.4 Å². The molecule has 21 heavy (non-hydrogen) atoms. The first-order valence-corrected chi connectivity index (χ1v) is 8.66. The molecule has 2 heterocycles. The van der Waals surface area contributed by atoms with Crippen LogP contribution in [0.3, 0.4) is 0 Å². The molecule has 1 aromatic rings. The minimum absolute atomic E-state index is 0.640. The largest absolute Gasteiger partial charge is 0.493 e. The molecule has 1 aromatic carbocycles. The Kier molecular flexibility index (Phi) is 3.76. The van der Waals surface area contributed by atoms with Crippen molar-refractivity contribution in [1.29, 1.82) is 0 Å². The Morgan fingerprint density at radius 1 is 1.10 bits per heavy atom. The third-order valence-corrected chi connectivity index (χ3v) is 5.48. The van der Waals surface area contributed by atoms with Gasteiger partial charge < -0.3 is 15.4 Å². The zero-order chi connectivity index (χ0) is 14.1. The van der Waals surface area contributed by atoms with Gasteiger partial charge in [0.25, 0.3) is 0 Å². The van der Waals surface area contributed by atoms with E-state index in [1.165, 1.54) is 56.3 Å². The minimum atomic E-state index is 0.640. The highest BCUT2D eigenvalue weighted by Gasteiger charge is 2.34. The summed E-state index contributed by atoms with van der Waals surface area (Å²) < 4.78 is 5.60. The van der Waals surface area contributed by atoms with Crippen LogP contribution in [0.5, 0.6) is 5.75 Å². The fraction of sp³-hybridized carbons (Fsp3) is 0.667. The topological polar surface area (TPSA) is 33.3 Å². The van der Waals surface area contributed by atoms with Crippen LogP contribution >= 0.6 is 0 Å². The van der Waals surface area contributed by atoms with Gasteiger partial charge in [-0.25, -0.2) is 0 Å². The van der Waals surface area contributed by atoms with Crippen molar-refractivity contribution in [1.82, 2.24) is 5.32 Å². The van der Waals surface area contributed by atoms with Crippen LogP contribution in [-0.4, -0.2) is 25.2 Å². The SMILES string of the molecule is c1cc2c(cc1NC1CCCC1C1CCCCN1)CCO2. The van der Waals surface area contributed by atoms with Crippen LogP contribution in [0.15, 0.2) is 18.2 Å². The normalized spacial score (nSPS) is 31.7. The molecule has 3 aliphatic rings. The second-order valence-electron chi connectivity index (χ2n) is 6.82. The van der Waals surface area contributed by atoms with Gasteiger partial charge in [0, 0.05) is 24.2 Å². The van der Waals surface area contributed by atoms with Crippen molar-refractivity contribution >= 4 is 5.69 Å². The fourth-order valence-corrected chi connectivity index (χ4v) is 4.38. The maximum Gasteiger partial charge on any atom is 0.122 e. The molecule has 1 aliphatic carbocycles. The summed E-state index contributed by atoms with van der Waals surface area (Å²) >= 11 is 0. The van der Waals surface area contributed by atoms with Crippen LogP contribution in [0.2, 0.25) is 0 Å². The maximum atomic E-state index is 5.60. The van der Waals surface area contributed by atoms with Gasteiger partial charge in [0.1, 0.15) is 5.75 Å². The third kappa shape index (κ3) is 2.76. The molecule has 1 saturated heterocycles. The van der Waals surface area contributed by atoms with Crippen molar-refractivity contribution in [2.24, 2.45) is 5.92 Å². The number of nitrogens with one attached hydrogen (secondary N) is 2. The molecule has 2 aliphatic heterocycles. The Morgan fingerprint density at radius 3 is 3.00 bits per heavy atom. The van der Waals surface area contributed by atoms with Gasteiger partial charge in [0.05, 0.1) is 6.61 Å². The highest BCUT2D eigenvalue weighted by atomic mass is 16.5. The summed E-state index contributed by atoms with van der Waals surface area (Å²) in [5, 5.41) is 7.58. The first-order chi connectivity index (χ1) is 10.4. The van der Waals surface area contributed by atoms with Gasteiger partial charge >= 0.3 is 0 Å². The number of hydrogen-bond acceptors (Lipinski definition) is 3. The van der Waals surface area contributed by atoms with Crippen molar-refractivity contribution in [2.45, 2.75) is 57.0 Å². The quantitative estimate of drug-likeness (QED) is 0.894.